The molecule has 1 aromatic rings. The average Bonchev–Trinajstić information content (AvgIpc) is 2.88. The zero-order chi connectivity index (χ0) is 14.0. The van der Waals surface area contributed by atoms with Gasteiger partial charge in [-0.05, 0) is 39.7 Å². The average molecular weight is 323 g/mol. The van der Waals surface area contributed by atoms with Gasteiger partial charge in [0.2, 0.25) is 10.0 Å². The molecule has 0 bridgehead atoms. The zero-order valence-corrected chi connectivity index (χ0v) is 13.8. The van der Waals surface area contributed by atoms with E-state index >= 15 is 0 Å². The maximum atomic E-state index is 12.3. The first-order chi connectivity index (χ1) is 8.92. The lowest BCUT2D eigenvalue weighted by atomic mass is 10.2. The highest BCUT2D eigenvalue weighted by Crippen LogP contribution is 2.18. The number of aryl methyl sites for hydroxylation is 2. The first kappa shape index (κ1) is 17.4. The van der Waals surface area contributed by atoms with Crippen LogP contribution in [0.3, 0.4) is 0 Å². The second-order valence-electron chi connectivity index (χ2n) is 5.10. The van der Waals surface area contributed by atoms with Gasteiger partial charge in [-0.1, -0.05) is 0 Å². The summed E-state index contributed by atoms with van der Waals surface area (Å²) in [6, 6.07) is 0.443. The van der Waals surface area contributed by atoms with Crippen LogP contribution in [0.2, 0.25) is 0 Å². The Balaban J connectivity index is 0.00000200. The van der Waals surface area contributed by atoms with E-state index in [0.29, 0.717) is 28.9 Å². The second-order valence-corrected chi connectivity index (χ2v) is 6.81. The lowest BCUT2D eigenvalue weighted by Gasteiger charge is -2.11. The highest BCUT2D eigenvalue weighted by Gasteiger charge is 2.24. The van der Waals surface area contributed by atoms with Crippen molar-refractivity contribution < 1.29 is 8.42 Å². The van der Waals surface area contributed by atoms with Gasteiger partial charge >= 0.3 is 0 Å². The largest absolute Gasteiger partial charge is 0.314 e. The number of hydrogen-bond donors (Lipinski definition) is 2. The fraction of sp³-hybridized carbons (Fsp3) is 0.750. The predicted octanol–water partition coefficient (Wildman–Crippen LogP) is 0.879. The molecule has 1 aromatic heterocycles. The molecule has 6 nitrogen and oxygen atoms in total. The van der Waals surface area contributed by atoms with E-state index in [4.69, 9.17) is 0 Å². The van der Waals surface area contributed by atoms with Crippen molar-refractivity contribution in [3.8, 4) is 0 Å². The number of nitrogens with one attached hydrogen (secondary N) is 2. The van der Waals surface area contributed by atoms with Crippen molar-refractivity contribution in [2.24, 2.45) is 7.05 Å². The van der Waals surface area contributed by atoms with E-state index in [0.717, 1.165) is 19.4 Å². The van der Waals surface area contributed by atoms with Crippen molar-refractivity contribution in [2.75, 3.05) is 13.1 Å². The van der Waals surface area contributed by atoms with Gasteiger partial charge in [-0.3, -0.25) is 4.68 Å². The Bertz CT molecular complexity index is 550. The van der Waals surface area contributed by atoms with Crippen LogP contribution in [0.5, 0.6) is 0 Å². The Morgan fingerprint density at radius 2 is 2.15 bits per heavy atom. The summed E-state index contributed by atoms with van der Waals surface area (Å²) < 4.78 is 28.8. The molecule has 1 aliphatic rings. The highest BCUT2D eigenvalue weighted by atomic mass is 35.5. The van der Waals surface area contributed by atoms with Crippen molar-refractivity contribution >= 4 is 22.4 Å². The zero-order valence-electron chi connectivity index (χ0n) is 12.1. The molecular formula is C12H23ClN4O2S. The maximum Gasteiger partial charge on any atom is 0.244 e. The summed E-state index contributed by atoms with van der Waals surface area (Å²) in [7, 11) is -1.70. The quantitative estimate of drug-likeness (QED) is 0.843. The van der Waals surface area contributed by atoms with Gasteiger partial charge in [-0.15, -0.1) is 12.4 Å². The van der Waals surface area contributed by atoms with E-state index in [1.165, 1.54) is 6.42 Å². The summed E-state index contributed by atoms with van der Waals surface area (Å²) in [6.45, 7) is 5.00. The molecule has 2 rings (SSSR count). The topological polar surface area (TPSA) is 76.0 Å². The summed E-state index contributed by atoms with van der Waals surface area (Å²) in [5, 5.41) is 7.51. The van der Waals surface area contributed by atoms with Crippen molar-refractivity contribution in [1.82, 2.24) is 19.8 Å². The highest BCUT2D eigenvalue weighted by molar-refractivity contribution is 7.89. The van der Waals surface area contributed by atoms with E-state index in [-0.39, 0.29) is 12.4 Å². The molecule has 1 saturated heterocycles. The SMILES string of the molecule is Cc1nn(C)c(C)c1S(=O)(=O)NCC[C@H]1CCCN1.Cl. The molecular weight excluding hydrogens is 300 g/mol. The van der Waals surface area contributed by atoms with Crippen molar-refractivity contribution in [3.63, 3.8) is 0 Å². The molecule has 0 unspecified atom stereocenters. The Hall–Kier alpha value is -0.630. The normalized spacial score (nSPS) is 19.1. The van der Waals surface area contributed by atoms with Crippen LogP contribution in [-0.4, -0.2) is 37.3 Å². The van der Waals surface area contributed by atoms with Crippen LogP contribution < -0.4 is 10.0 Å². The molecule has 20 heavy (non-hydrogen) atoms. The van der Waals surface area contributed by atoms with Gasteiger partial charge < -0.3 is 5.32 Å². The van der Waals surface area contributed by atoms with Gasteiger partial charge in [0.15, 0.2) is 0 Å². The fourth-order valence-electron chi connectivity index (χ4n) is 2.59. The number of sulfonamides is 1. The Morgan fingerprint density at radius 3 is 2.65 bits per heavy atom. The predicted molar refractivity (Wildman–Crippen MR) is 80.8 cm³/mol. The first-order valence-electron chi connectivity index (χ1n) is 6.65. The Labute approximate surface area is 126 Å². The summed E-state index contributed by atoms with van der Waals surface area (Å²) in [6.07, 6.45) is 3.14. The summed E-state index contributed by atoms with van der Waals surface area (Å²) in [5.41, 5.74) is 1.22. The van der Waals surface area contributed by atoms with E-state index in [9.17, 15) is 8.42 Å². The van der Waals surface area contributed by atoms with E-state index in [1.807, 2.05) is 0 Å². The molecule has 116 valence electrons. The van der Waals surface area contributed by atoms with Crippen LogP contribution in [0, 0.1) is 13.8 Å². The summed E-state index contributed by atoms with van der Waals surface area (Å²) >= 11 is 0. The standard InChI is InChI=1S/C12H22N4O2S.ClH/c1-9-12(10(2)16(3)15-9)19(17,18)14-8-6-11-5-4-7-13-11;/h11,13-14H,4-8H2,1-3H3;1H/t11-;/m1./s1. The van der Waals surface area contributed by atoms with Crippen molar-refractivity contribution in [2.45, 2.75) is 44.0 Å². The molecule has 1 atom stereocenters. The summed E-state index contributed by atoms with van der Waals surface area (Å²) in [5.74, 6) is 0. The number of nitrogens with zero attached hydrogens (tertiary/aromatic N) is 2. The molecule has 0 aromatic carbocycles. The molecule has 0 saturated carbocycles. The van der Waals surface area contributed by atoms with Gasteiger partial charge in [-0.25, -0.2) is 13.1 Å². The van der Waals surface area contributed by atoms with Gasteiger partial charge in [0.1, 0.15) is 4.90 Å². The minimum Gasteiger partial charge on any atom is -0.314 e. The Kier molecular flexibility index (Phi) is 6.00. The molecule has 8 heteroatoms. The molecule has 0 amide bonds. The third-order valence-electron chi connectivity index (χ3n) is 3.66. The smallest absolute Gasteiger partial charge is 0.244 e. The number of rotatable bonds is 5. The van der Waals surface area contributed by atoms with Crippen LogP contribution in [-0.2, 0) is 17.1 Å². The van der Waals surface area contributed by atoms with Crippen molar-refractivity contribution in [3.05, 3.63) is 11.4 Å². The monoisotopic (exact) mass is 322 g/mol. The summed E-state index contributed by atoms with van der Waals surface area (Å²) in [4.78, 5) is 0.314. The van der Waals surface area contributed by atoms with Gasteiger partial charge in [0, 0.05) is 19.6 Å². The number of hydrogen-bond acceptors (Lipinski definition) is 4. The number of halogens is 1. The van der Waals surface area contributed by atoms with Gasteiger partial charge in [0.05, 0.1) is 11.4 Å². The molecule has 0 aliphatic carbocycles. The molecule has 1 fully saturated rings. The Morgan fingerprint density at radius 1 is 1.45 bits per heavy atom. The minimum absolute atomic E-state index is 0. The third kappa shape index (κ3) is 3.72. The van der Waals surface area contributed by atoms with Crippen LogP contribution >= 0.6 is 12.4 Å². The molecule has 1 aliphatic heterocycles. The third-order valence-corrected chi connectivity index (χ3v) is 5.37. The molecule has 2 heterocycles. The fourth-order valence-corrected chi connectivity index (χ4v) is 4.07. The maximum absolute atomic E-state index is 12.3. The second kappa shape index (κ2) is 6.89. The minimum atomic E-state index is -3.45. The molecule has 0 spiro atoms. The van der Waals surface area contributed by atoms with Gasteiger partial charge in [0.25, 0.3) is 0 Å². The van der Waals surface area contributed by atoms with Crippen LogP contribution in [0.4, 0.5) is 0 Å². The lowest BCUT2D eigenvalue weighted by Crippen LogP contribution is -2.31. The van der Waals surface area contributed by atoms with E-state index < -0.39 is 10.0 Å². The molecule has 2 N–H and O–H groups in total. The lowest BCUT2D eigenvalue weighted by molar-refractivity contribution is 0.539. The van der Waals surface area contributed by atoms with Gasteiger partial charge in [-0.2, -0.15) is 5.10 Å². The van der Waals surface area contributed by atoms with E-state index in [1.54, 1.807) is 25.6 Å². The molecule has 0 radical (unpaired) electrons. The number of aromatic nitrogens is 2. The van der Waals surface area contributed by atoms with Crippen LogP contribution in [0.15, 0.2) is 4.90 Å². The van der Waals surface area contributed by atoms with E-state index in [2.05, 4.69) is 15.1 Å². The first-order valence-corrected chi connectivity index (χ1v) is 8.13. The van der Waals surface area contributed by atoms with Crippen LogP contribution in [0.25, 0.3) is 0 Å². The van der Waals surface area contributed by atoms with Crippen LogP contribution in [0.1, 0.15) is 30.7 Å². The van der Waals surface area contributed by atoms with Crippen molar-refractivity contribution in [1.29, 1.82) is 0 Å².